The lowest BCUT2D eigenvalue weighted by molar-refractivity contribution is -0.146. The fourth-order valence-electron chi connectivity index (χ4n) is 3.37. The first kappa shape index (κ1) is 16.5. The van der Waals surface area contributed by atoms with E-state index in [1.54, 1.807) is 11.0 Å². The molecular weight excluding hydrogens is 330 g/mol. The van der Waals surface area contributed by atoms with E-state index < -0.39 is 5.97 Å². The molecule has 1 fully saturated rings. The summed E-state index contributed by atoms with van der Waals surface area (Å²) < 4.78 is 11.1. The zero-order chi connectivity index (χ0) is 17.9. The summed E-state index contributed by atoms with van der Waals surface area (Å²) in [6.07, 6.45) is 1.80. The van der Waals surface area contributed by atoms with Crippen molar-refractivity contribution in [3.05, 3.63) is 83.4 Å². The SMILES string of the molecule is O=C(OCc1ccccc1)C1=CC[C@H]2OC[C@@H](c3ccccc3)N2C1=O. The first-order valence-corrected chi connectivity index (χ1v) is 8.64. The smallest absolute Gasteiger partial charge is 0.343 e. The molecule has 1 saturated heterocycles. The van der Waals surface area contributed by atoms with Gasteiger partial charge in [-0.25, -0.2) is 4.79 Å². The lowest BCUT2D eigenvalue weighted by atomic mass is 10.0. The van der Waals surface area contributed by atoms with Crippen molar-refractivity contribution in [3.8, 4) is 0 Å². The first-order valence-electron chi connectivity index (χ1n) is 8.64. The number of carbonyl (C=O) groups is 2. The van der Waals surface area contributed by atoms with E-state index >= 15 is 0 Å². The second-order valence-corrected chi connectivity index (χ2v) is 6.34. The van der Waals surface area contributed by atoms with Crippen LogP contribution in [0.5, 0.6) is 0 Å². The van der Waals surface area contributed by atoms with Gasteiger partial charge in [-0.15, -0.1) is 0 Å². The quantitative estimate of drug-likeness (QED) is 0.629. The van der Waals surface area contributed by atoms with Gasteiger partial charge in [0, 0.05) is 6.42 Å². The highest BCUT2D eigenvalue weighted by Crippen LogP contribution is 2.36. The summed E-state index contributed by atoms with van der Waals surface area (Å²) in [6.45, 7) is 0.576. The Morgan fingerprint density at radius 1 is 1.08 bits per heavy atom. The Balaban J connectivity index is 1.48. The molecule has 0 bridgehead atoms. The monoisotopic (exact) mass is 349 g/mol. The Kier molecular flexibility index (Phi) is 4.54. The number of esters is 1. The number of rotatable bonds is 4. The predicted octanol–water partition coefficient (Wildman–Crippen LogP) is 2.99. The van der Waals surface area contributed by atoms with Gasteiger partial charge in [0.05, 0.1) is 12.6 Å². The van der Waals surface area contributed by atoms with Crippen molar-refractivity contribution in [1.29, 1.82) is 0 Å². The summed E-state index contributed by atoms with van der Waals surface area (Å²) in [5.74, 6) is -0.915. The molecule has 2 aliphatic heterocycles. The zero-order valence-corrected chi connectivity index (χ0v) is 14.2. The Morgan fingerprint density at radius 2 is 1.77 bits per heavy atom. The minimum atomic E-state index is -0.587. The molecule has 4 rings (SSSR count). The molecule has 26 heavy (non-hydrogen) atoms. The third kappa shape index (κ3) is 3.13. The van der Waals surface area contributed by atoms with E-state index in [4.69, 9.17) is 9.47 Å². The lowest BCUT2D eigenvalue weighted by Crippen LogP contribution is -2.43. The highest BCUT2D eigenvalue weighted by Gasteiger charge is 2.43. The molecule has 2 aromatic carbocycles. The molecule has 0 aliphatic carbocycles. The molecule has 0 unspecified atom stereocenters. The van der Waals surface area contributed by atoms with Crippen molar-refractivity contribution in [2.24, 2.45) is 0 Å². The second-order valence-electron chi connectivity index (χ2n) is 6.34. The lowest BCUT2D eigenvalue weighted by Gasteiger charge is -2.31. The first-order chi connectivity index (χ1) is 12.7. The number of amides is 1. The number of nitrogens with zero attached hydrogens (tertiary/aromatic N) is 1. The van der Waals surface area contributed by atoms with Crippen LogP contribution in [0.15, 0.2) is 72.3 Å². The van der Waals surface area contributed by atoms with Gasteiger partial charge in [0.1, 0.15) is 18.4 Å². The Hall–Kier alpha value is -2.92. The van der Waals surface area contributed by atoms with E-state index in [0.717, 1.165) is 11.1 Å². The normalized spacial score (nSPS) is 21.9. The van der Waals surface area contributed by atoms with Crippen molar-refractivity contribution >= 4 is 11.9 Å². The maximum atomic E-state index is 12.9. The zero-order valence-electron chi connectivity index (χ0n) is 14.2. The van der Waals surface area contributed by atoms with Gasteiger partial charge in [0.25, 0.3) is 5.91 Å². The summed E-state index contributed by atoms with van der Waals surface area (Å²) in [5.41, 5.74) is 1.97. The van der Waals surface area contributed by atoms with Crippen LogP contribution in [0.1, 0.15) is 23.6 Å². The van der Waals surface area contributed by atoms with Crippen LogP contribution in [-0.4, -0.2) is 29.6 Å². The molecule has 2 heterocycles. The van der Waals surface area contributed by atoms with Crippen LogP contribution >= 0.6 is 0 Å². The number of carbonyl (C=O) groups excluding carboxylic acids is 2. The molecule has 2 aromatic rings. The van der Waals surface area contributed by atoms with Crippen LogP contribution in [0, 0.1) is 0 Å². The van der Waals surface area contributed by atoms with Gasteiger partial charge in [-0.1, -0.05) is 66.7 Å². The number of hydrogen-bond donors (Lipinski definition) is 0. The topological polar surface area (TPSA) is 55.8 Å². The maximum Gasteiger partial charge on any atom is 0.343 e. The van der Waals surface area contributed by atoms with Crippen LogP contribution in [0.2, 0.25) is 0 Å². The number of ether oxygens (including phenoxy) is 2. The van der Waals surface area contributed by atoms with Crippen molar-refractivity contribution in [2.75, 3.05) is 6.61 Å². The molecule has 2 atom stereocenters. The third-order valence-electron chi connectivity index (χ3n) is 4.70. The maximum absolute atomic E-state index is 12.9. The predicted molar refractivity (Wildman–Crippen MR) is 94.7 cm³/mol. The molecule has 5 heteroatoms. The summed E-state index contributed by atoms with van der Waals surface area (Å²) in [7, 11) is 0. The van der Waals surface area contributed by atoms with Crippen molar-refractivity contribution in [1.82, 2.24) is 4.90 Å². The fourth-order valence-corrected chi connectivity index (χ4v) is 3.37. The minimum absolute atomic E-state index is 0.0867. The largest absolute Gasteiger partial charge is 0.457 e. The van der Waals surface area contributed by atoms with Gasteiger partial charge < -0.3 is 14.4 Å². The van der Waals surface area contributed by atoms with Gasteiger partial charge in [-0.2, -0.15) is 0 Å². The fraction of sp³-hybridized carbons (Fsp3) is 0.238. The van der Waals surface area contributed by atoms with Crippen molar-refractivity contribution < 1.29 is 19.1 Å². The summed E-state index contributed by atoms with van der Waals surface area (Å²) in [6, 6.07) is 19.0. The van der Waals surface area contributed by atoms with Gasteiger partial charge in [-0.3, -0.25) is 4.79 Å². The molecule has 2 aliphatic rings. The van der Waals surface area contributed by atoms with E-state index in [-0.39, 0.29) is 30.4 Å². The highest BCUT2D eigenvalue weighted by atomic mass is 16.5. The Labute approximate surface area is 151 Å². The molecule has 0 aromatic heterocycles. The van der Waals surface area contributed by atoms with Gasteiger partial charge in [0.2, 0.25) is 0 Å². The number of benzene rings is 2. The summed E-state index contributed by atoms with van der Waals surface area (Å²) in [4.78, 5) is 27.0. The van der Waals surface area contributed by atoms with Gasteiger partial charge in [-0.05, 0) is 11.1 Å². The van der Waals surface area contributed by atoms with Crippen molar-refractivity contribution in [2.45, 2.75) is 25.3 Å². The van der Waals surface area contributed by atoms with Crippen LogP contribution in [0.3, 0.4) is 0 Å². The molecule has 132 valence electrons. The third-order valence-corrected chi connectivity index (χ3v) is 4.70. The standard InChI is InChI=1S/C21H19NO4/c23-20-17(21(24)26-13-15-7-3-1-4-8-15)11-12-19-22(20)18(14-25-19)16-9-5-2-6-10-16/h1-11,18-19H,12-14H2/t18-,19+/m0/s1. The average molecular weight is 349 g/mol. The molecule has 0 radical (unpaired) electrons. The van der Waals surface area contributed by atoms with E-state index in [0.29, 0.717) is 13.0 Å². The highest BCUT2D eigenvalue weighted by molar-refractivity contribution is 6.17. The molecule has 0 N–H and O–H groups in total. The van der Waals surface area contributed by atoms with E-state index in [9.17, 15) is 9.59 Å². The Morgan fingerprint density at radius 3 is 2.50 bits per heavy atom. The summed E-state index contributed by atoms with van der Waals surface area (Å²) in [5, 5.41) is 0. The molecule has 0 spiro atoms. The van der Waals surface area contributed by atoms with Crippen molar-refractivity contribution in [3.63, 3.8) is 0 Å². The van der Waals surface area contributed by atoms with Gasteiger partial charge >= 0.3 is 5.97 Å². The Bertz CT molecular complexity index is 832. The average Bonchev–Trinajstić information content (AvgIpc) is 3.13. The van der Waals surface area contributed by atoms with Crippen LogP contribution in [0.25, 0.3) is 0 Å². The van der Waals surface area contributed by atoms with Crippen LogP contribution in [0.4, 0.5) is 0 Å². The van der Waals surface area contributed by atoms with Gasteiger partial charge in [0.15, 0.2) is 0 Å². The summed E-state index contributed by atoms with van der Waals surface area (Å²) >= 11 is 0. The molecule has 1 amide bonds. The van der Waals surface area contributed by atoms with E-state index in [1.807, 2.05) is 60.7 Å². The van der Waals surface area contributed by atoms with E-state index in [2.05, 4.69) is 0 Å². The van der Waals surface area contributed by atoms with E-state index in [1.165, 1.54) is 0 Å². The second kappa shape index (κ2) is 7.14. The minimum Gasteiger partial charge on any atom is -0.457 e. The van der Waals surface area contributed by atoms with Crippen LogP contribution in [-0.2, 0) is 25.7 Å². The van der Waals surface area contributed by atoms with Crippen LogP contribution < -0.4 is 0 Å². The number of fused-ring (bicyclic) bond motifs is 1. The number of hydrogen-bond acceptors (Lipinski definition) is 4. The molecular formula is C21H19NO4. The molecule has 0 saturated carbocycles. The molecule has 5 nitrogen and oxygen atoms in total.